The smallest absolute Gasteiger partial charge is 0.255 e. The third kappa shape index (κ3) is 3.99. The van der Waals surface area contributed by atoms with E-state index in [1.54, 1.807) is 22.2 Å². The van der Waals surface area contributed by atoms with Crippen molar-refractivity contribution in [2.24, 2.45) is 0 Å². The highest BCUT2D eigenvalue weighted by molar-refractivity contribution is 9.10. The highest BCUT2D eigenvalue weighted by atomic mass is 79.9. The number of carbonyl (C=O) groups excluding carboxylic acids is 1. The molecule has 1 N–H and O–H groups in total. The van der Waals surface area contributed by atoms with Crippen LogP contribution in [0, 0.1) is 6.92 Å². The van der Waals surface area contributed by atoms with Gasteiger partial charge in [-0.15, -0.1) is 11.3 Å². The lowest BCUT2D eigenvalue weighted by Crippen LogP contribution is -2.23. The fraction of sp³-hybridized carbons (Fsp3) is 0.278. The summed E-state index contributed by atoms with van der Waals surface area (Å²) in [5.41, 5.74) is 3.18. The molecule has 0 aliphatic heterocycles. The van der Waals surface area contributed by atoms with E-state index in [1.165, 1.54) is 0 Å². The van der Waals surface area contributed by atoms with Gasteiger partial charge in [-0.3, -0.25) is 4.79 Å². The standard InChI is InChI=1S/C18H19BrN4OS/c1-11(2)18-22-14(10-25-18)8-20-17(24)16-9-21-23(12(16)3)15-6-4-13(19)5-7-15/h4-7,9-11H,8H2,1-3H3,(H,20,24). The second-order valence-corrected chi connectivity index (χ2v) is 7.85. The molecule has 0 fully saturated rings. The second-order valence-electron chi connectivity index (χ2n) is 6.05. The maximum absolute atomic E-state index is 12.5. The average Bonchev–Trinajstić information content (AvgIpc) is 3.20. The van der Waals surface area contributed by atoms with Gasteiger partial charge >= 0.3 is 0 Å². The molecule has 1 amide bonds. The van der Waals surface area contributed by atoms with E-state index in [0.717, 1.165) is 26.6 Å². The monoisotopic (exact) mass is 418 g/mol. The summed E-state index contributed by atoms with van der Waals surface area (Å²) in [6.07, 6.45) is 1.60. The van der Waals surface area contributed by atoms with Gasteiger partial charge in [-0.05, 0) is 31.2 Å². The molecule has 130 valence electrons. The zero-order valence-corrected chi connectivity index (χ0v) is 16.7. The molecule has 2 heterocycles. The van der Waals surface area contributed by atoms with Crippen molar-refractivity contribution in [1.82, 2.24) is 20.1 Å². The summed E-state index contributed by atoms with van der Waals surface area (Å²) in [7, 11) is 0. The van der Waals surface area contributed by atoms with Crippen LogP contribution in [-0.2, 0) is 6.54 Å². The molecule has 0 aliphatic rings. The summed E-state index contributed by atoms with van der Waals surface area (Å²) in [5.74, 6) is 0.265. The van der Waals surface area contributed by atoms with Crippen molar-refractivity contribution in [1.29, 1.82) is 0 Å². The summed E-state index contributed by atoms with van der Waals surface area (Å²) in [5, 5.41) is 10.4. The van der Waals surface area contributed by atoms with Crippen molar-refractivity contribution in [2.45, 2.75) is 33.2 Å². The van der Waals surface area contributed by atoms with Crippen molar-refractivity contribution in [2.75, 3.05) is 0 Å². The zero-order chi connectivity index (χ0) is 18.0. The van der Waals surface area contributed by atoms with Crippen LogP contribution in [0.5, 0.6) is 0 Å². The fourth-order valence-corrected chi connectivity index (χ4v) is 3.51. The van der Waals surface area contributed by atoms with E-state index >= 15 is 0 Å². The number of hydrogen-bond acceptors (Lipinski definition) is 4. The summed E-state index contributed by atoms with van der Waals surface area (Å²) >= 11 is 5.05. The summed E-state index contributed by atoms with van der Waals surface area (Å²) < 4.78 is 2.77. The molecule has 0 radical (unpaired) electrons. The Balaban J connectivity index is 1.71. The first-order valence-corrected chi connectivity index (χ1v) is 9.66. The maximum atomic E-state index is 12.5. The molecule has 5 nitrogen and oxygen atoms in total. The molecule has 0 atom stereocenters. The number of benzene rings is 1. The minimum Gasteiger partial charge on any atom is -0.346 e. The van der Waals surface area contributed by atoms with Crippen LogP contribution < -0.4 is 5.32 Å². The number of rotatable bonds is 5. The predicted octanol–water partition coefficient (Wildman–Crippen LogP) is 4.45. The van der Waals surface area contributed by atoms with E-state index in [-0.39, 0.29) is 5.91 Å². The summed E-state index contributed by atoms with van der Waals surface area (Å²) in [4.78, 5) is 17.0. The number of carbonyl (C=O) groups is 1. The predicted molar refractivity (Wildman–Crippen MR) is 103 cm³/mol. The van der Waals surface area contributed by atoms with Gasteiger partial charge in [-0.25, -0.2) is 9.67 Å². The number of nitrogens with zero attached hydrogens (tertiary/aromatic N) is 3. The van der Waals surface area contributed by atoms with Crippen LogP contribution in [0.25, 0.3) is 5.69 Å². The van der Waals surface area contributed by atoms with Gasteiger partial charge in [0, 0.05) is 15.8 Å². The highest BCUT2D eigenvalue weighted by Gasteiger charge is 2.15. The SMILES string of the molecule is Cc1c(C(=O)NCc2csc(C(C)C)n2)cnn1-c1ccc(Br)cc1. The Labute approximate surface area is 159 Å². The molecule has 7 heteroatoms. The van der Waals surface area contributed by atoms with E-state index in [2.05, 4.69) is 45.2 Å². The molecule has 1 aromatic carbocycles. The minimum atomic E-state index is -0.139. The quantitative estimate of drug-likeness (QED) is 0.665. The largest absolute Gasteiger partial charge is 0.346 e. The molecule has 25 heavy (non-hydrogen) atoms. The van der Waals surface area contributed by atoms with Crippen LogP contribution in [0.15, 0.2) is 40.3 Å². The second kappa shape index (κ2) is 7.49. The Kier molecular flexibility index (Phi) is 5.34. The van der Waals surface area contributed by atoms with Crippen LogP contribution in [0.2, 0.25) is 0 Å². The van der Waals surface area contributed by atoms with Crippen LogP contribution in [0.4, 0.5) is 0 Å². The van der Waals surface area contributed by atoms with Gasteiger partial charge < -0.3 is 5.32 Å². The number of aromatic nitrogens is 3. The van der Waals surface area contributed by atoms with Crippen molar-refractivity contribution >= 4 is 33.2 Å². The van der Waals surface area contributed by atoms with Crippen molar-refractivity contribution < 1.29 is 4.79 Å². The van der Waals surface area contributed by atoms with Gasteiger partial charge in [0.25, 0.3) is 5.91 Å². The summed E-state index contributed by atoms with van der Waals surface area (Å²) in [6.45, 7) is 6.54. The van der Waals surface area contributed by atoms with E-state index in [0.29, 0.717) is 18.0 Å². The Morgan fingerprint density at radius 2 is 2.04 bits per heavy atom. The van der Waals surface area contributed by atoms with Crippen LogP contribution in [0.3, 0.4) is 0 Å². The molecule has 3 rings (SSSR count). The van der Waals surface area contributed by atoms with Gasteiger partial charge in [0.05, 0.1) is 40.4 Å². The van der Waals surface area contributed by atoms with Gasteiger partial charge in [0.15, 0.2) is 0 Å². The highest BCUT2D eigenvalue weighted by Crippen LogP contribution is 2.20. The topological polar surface area (TPSA) is 59.8 Å². The first-order chi connectivity index (χ1) is 12.0. The van der Waals surface area contributed by atoms with Crippen molar-refractivity contribution in [3.05, 3.63) is 62.3 Å². The molecule has 2 aromatic heterocycles. The van der Waals surface area contributed by atoms with Gasteiger partial charge in [0.1, 0.15) is 0 Å². The molecule has 0 aliphatic carbocycles. The molecule has 0 saturated heterocycles. The van der Waals surface area contributed by atoms with Crippen molar-refractivity contribution in [3.8, 4) is 5.69 Å². The zero-order valence-electron chi connectivity index (χ0n) is 14.3. The Bertz CT molecular complexity index is 883. The Morgan fingerprint density at radius 1 is 1.32 bits per heavy atom. The van der Waals surface area contributed by atoms with Gasteiger partial charge in [-0.1, -0.05) is 29.8 Å². The lowest BCUT2D eigenvalue weighted by Gasteiger charge is -2.06. The fourth-order valence-electron chi connectivity index (χ4n) is 2.41. The van der Waals surface area contributed by atoms with Crippen LogP contribution in [-0.4, -0.2) is 20.7 Å². The number of halogens is 1. The van der Waals surface area contributed by atoms with E-state index in [4.69, 9.17) is 0 Å². The first kappa shape index (κ1) is 17.8. The third-order valence-electron chi connectivity index (χ3n) is 3.82. The average molecular weight is 419 g/mol. The lowest BCUT2D eigenvalue weighted by atomic mass is 10.2. The van der Waals surface area contributed by atoms with Crippen molar-refractivity contribution in [3.63, 3.8) is 0 Å². The number of hydrogen-bond donors (Lipinski definition) is 1. The number of thiazole rings is 1. The lowest BCUT2D eigenvalue weighted by molar-refractivity contribution is 0.0950. The maximum Gasteiger partial charge on any atom is 0.255 e. The molecule has 0 unspecified atom stereocenters. The Hall–Kier alpha value is -1.99. The number of nitrogens with one attached hydrogen (secondary N) is 1. The molecular weight excluding hydrogens is 400 g/mol. The third-order valence-corrected chi connectivity index (χ3v) is 5.54. The molecule has 0 saturated carbocycles. The normalized spacial score (nSPS) is 11.1. The van der Waals surface area contributed by atoms with E-state index in [9.17, 15) is 4.79 Å². The van der Waals surface area contributed by atoms with Crippen LogP contribution >= 0.6 is 27.3 Å². The Morgan fingerprint density at radius 3 is 2.68 bits per heavy atom. The van der Waals surface area contributed by atoms with E-state index < -0.39 is 0 Å². The molecule has 3 aromatic rings. The first-order valence-electron chi connectivity index (χ1n) is 7.98. The summed E-state index contributed by atoms with van der Waals surface area (Å²) in [6, 6.07) is 7.80. The van der Waals surface area contributed by atoms with E-state index in [1.807, 2.05) is 36.6 Å². The molecule has 0 spiro atoms. The van der Waals surface area contributed by atoms with Gasteiger partial charge in [0.2, 0.25) is 0 Å². The number of amides is 1. The minimum absolute atomic E-state index is 0.139. The van der Waals surface area contributed by atoms with Crippen LogP contribution in [0.1, 0.15) is 46.5 Å². The van der Waals surface area contributed by atoms with Gasteiger partial charge in [-0.2, -0.15) is 5.10 Å². The molecule has 0 bridgehead atoms. The molecular formula is C18H19BrN4OS.